The molecule has 0 fully saturated rings. The van der Waals surface area contributed by atoms with Crippen LogP contribution in [0.1, 0.15) is 44.9 Å². The SMILES string of the molecule is O[C@H]1CCC/C=C/CCCC1. The van der Waals surface area contributed by atoms with E-state index in [4.69, 9.17) is 0 Å². The standard InChI is InChI=1S/C10H18O/c11-10-8-6-4-2-1-3-5-7-9-10/h1-2,10-11H,3-9H2/b2-1+/t10-/m0/s1. The lowest BCUT2D eigenvalue weighted by molar-refractivity contribution is 0.148. The molecule has 1 heteroatoms. The molecule has 1 aliphatic carbocycles. The van der Waals surface area contributed by atoms with E-state index < -0.39 is 0 Å². The maximum absolute atomic E-state index is 9.41. The van der Waals surface area contributed by atoms with E-state index in [1.807, 2.05) is 0 Å². The largest absolute Gasteiger partial charge is 0.393 e. The summed E-state index contributed by atoms with van der Waals surface area (Å²) in [6.45, 7) is 0. The Balaban J connectivity index is 2.23. The van der Waals surface area contributed by atoms with Crippen molar-refractivity contribution in [2.75, 3.05) is 0 Å². The summed E-state index contributed by atoms with van der Waals surface area (Å²) in [5.74, 6) is 0. The molecule has 0 aromatic carbocycles. The molecular formula is C10H18O. The van der Waals surface area contributed by atoms with Gasteiger partial charge in [0.15, 0.2) is 0 Å². The van der Waals surface area contributed by atoms with Gasteiger partial charge in [0.25, 0.3) is 0 Å². The second kappa shape index (κ2) is 5.36. The predicted octanol–water partition coefficient (Wildman–Crippen LogP) is 2.65. The van der Waals surface area contributed by atoms with E-state index in [9.17, 15) is 5.11 Å². The zero-order valence-electron chi connectivity index (χ0n) is 7.13. The average Bonchev–Trinajstić information content (AvgIpc) is 2.03. The van der Waals surface area contributed by atoms with E-state index >= 15 is 0 Å². The van der Waals surface area contributed by atoms with Gasteiger partial charge < -0.3 is 5.11 Å². The third kappa shape index (κ3) is 4.20. The van der Waals surface area contributed by atoms with Crippen molar-refractivity contribution in [1.82, 2.24) is 0 Å². The first-order chi connectivity index (χ1) is 5.39. The Morgan fingerprint density at radius 3 is 2.36 bits per heavy atom. The van der Waals surface area contributed by atoms with Crippen LogP contribution in [0.3, 0.4) is 0 Å². The highest BCUT2D eigenvalue weighted by molar-refractivity contribution is 4.82. The second-order valence-electron chi connectivity index (χ2n) is 3.34. The molecule has 0 amide bonds. The molecule has 0 aliphatic heterocycles. The minimum absolute atomic E-state index is 0.0264. The van der Waals surface area contributed by atoms with Crippen molar-refractivity contribution in [3.8, 4) is 0 Å². The molecule has 0 bridgehead atoms. The first-order valence-corrected chi connectivity index (χ1v) is 4.72. The lowest BCUT2D eigenvalue weighted by Gasteiger charge is -2.09. The number of hydrogen-bond donors (Lipinski definition) is 1. The molecule has 64 valence electrons. The fourth-order valence-corrected chi connectivity index (χ4v) is 1.49. The molecule has 0 saturated heterocycles. The molecule has 0 spiro atoms. The molecule has 1 rings (SSSR count). The van der Waals surface area contributed by atoms with Crippen LogP contribution in [0.5, 0.6) is 0 Å². The molecular weight excluding hydrogens is 136 g/mol. The highest BCUT2D eigenvalue weighted by Gasteiger charge is 2.03. The number of allylic oxidation sites excluding steroid dienone is 2. The van der Waals surface area contributed by atoms with Gasteiger partial charge in [0, 0.05) is 0 Å². The van der Waals surface area contributed by atoms with Crippen LogP contribution in [-0.2, 0) is 0 Å². The predicted molar refractivity (Wildman–Crippen MR) is 47.5 cm³/mol. The summed E-state index contributed by atoms with van der Waals surface area (Å²) in [4.78, 5) is 0. The van der Waals surface area contributed by atoms with Gasteiger partial charge in [-0.3, -0.25) is 0 Å². The van der Waals surface area contributed by atoms with Gasteiger partial charge in [-0.05, 0) is 38.5 Å². The molecule has 0 aromatic rings. The Hall–Kier alpha value is -0.300. The summed E-state index contributed by atoms with van der Waals surface area (Å²) in [7, 11) is 0. The van der Waals surface area contributed by atoms with Gasteiger partial charge in [0.2, 0.25) is 0 Å². The molecule has 0 unspecified atom stereocenters. The van der Waals surface area contributed by atoms with Crippen LogP contribution in [0, 0.1) is 0 Å². The molecule has 1 aliphatic rings. The molecule has 0 heterocycles. The van der Waals surface area contributed by atoms with Gasteiger partial charge in [-0.25, -0.2) is 0 Å². The van der Waals surface area contributed by atoms with E-state index in [0.717, 1.165) is 25.7 Å². The van der Waals surface area contributed by atoms with E-state index in [-0.39, 0.29) is 6.10 Å². The topological polar surface area (TPSA) is 20.2 Å². The van der Waals surface area contributed by atoms with Crippen LogP contribution in [0.4, 0.5) is 0 Å². The van der Waals surface area contributed by atoms with Crippen molar-refractivity contribution in [3.05, 3.63) is 12.2 Å². The van der Waals surface area contributed by atoms with Crippen molar-refractivity contribution >= 4 is 0 Å². The third-order valence-electron chi connectivity index (χ3n) is 2.23. The van der Waals surface area contributed by atoms with Gasteiger partial charge in [-0.15, -0.1) is 0 Å². The fourth-order valence-electron chi connectivity index (χ4n) is 1.49. The summed E-state index contributed by atoms with van der Waals surface area (Å²) in [6.07, 6.45) is 12.4. The average molecular weight is 154 g/mol. The molecule has 0 saturated carbocycles. The highest BCUT2D eigenvalue weighted by Crippen LogP contribution is 2.12. The van der Waals surface area contributed by atoms with Gasteiger partial charge in [0.05, 0.1) is 6.10 Å². The molecule has 1 N–H and O–H groups in total. The normalized spacial score (nSPS) is 31.2. The molecule has 0 aromatic heterocycles. The number of hydrogen-bond acceptors (Lipinski definition) is 1. The second-order valence-corrected chi connectivity index (χ2v) is 3.34. The van der Waals surface area contributed by atoms with E-state index in [1.165, 1.54) is 19.3 Å². The molecule has 0 radical (unpaired) electrons. The summed E-state index contributed by atoms with van der Waals surface area (Å²) in [5, 5.41) is 9.41. The van der Waals surface area contributed by atoms with E-state index in [2.05, 4.69) is 12.2 Å². The van der Waals surface area contributed by atoms with Gasteiger partial charge in [0.1, 0.15) is 0 Å². The Labute approximate surface area is 69.1 Å². The summed E-state index contributed by atoms with van der Waals surface area (Å²) < 4.78 is 0. The van der Waals surface area contributed by atoms with Crippen LogP contribution < -0.4 is 0 Å². The van der Waals surface area contributed by atoms with Crippen LogP contribution >= 0.6 is 0 Å². The summed E-state index contributed by atoms with van der Waals surface area (Å²) in [5.41, 5.74) is 0. The monoisotopic (exact) mass is 154 g/mol. The zero-order valence-corrected chi connectivity index (χ0v) is 7.13. The third-order valence-corrected chi connectivity index (χ3v) is 2.23. The van der Waals surface area contributed by atoms with Gasteiger partial charge >= 0.3 is 0 Å². The van der Waals surface area contributed by atoms with Crippen molar-refractivity contribution in [2.24, 2.45) is 0 Å². The van der Waals surface area contributed by atoms with Crippen molar-refractivity contribution in [2.45, 2.75) is 51.0 Å². The van der Waals surface area contributed by atoms with Crippen LogP contribution in [0.15, 0.2) is 12.2 Å². The Kier molecular flexibility index (Phi) is 4.29. The van der Waals surface area contributed by atoms with Crippen LogP contribution in [-0.4, -0.2) is 11.2 Å². The first kappa shape index (κ1) is 8.79. The lowest BCUT2D eigenvalue weighted by Crippen LogP contribution is -2.05. The fraction of sp³-hybridized carbons (Fsp3) is 0.800. The smallest absolute Gasteiger partial charge is 0.0540 e. The maximum atomic E-state index is 9.41. The van der Waals surface area contributed by atoms with Crippen molar-refractivity contribution in [1.29, 1.82) is 0 Å². The minimum atomic E-state index is -0.0264. The minimum Gasteiger partial charge on any atom is -0.393 e. The summed E-state index contributed by atoms with van der Waals surface area (Å²) >= 11 is 0. The summed E-state index contributed by atoms with van der Waals surface area (Å²) in [6, 6.07) is 0. The Morgan fingerprint density at radius 2 is 1.55 bits per heavy atom. The highest BCUT2D eigenvalue weighted by atomic mass is 16.3. The van der Waals surface area contributed by atoms with Crippen molar-refractivity contribution < 1.29 is 5.11 Å². The first-order valence-electron chi connectivity index (χ1n) is 4.72. The van der Waals surface area contributed by atoms with Crippen LogP contribution in [0.25, 0.3) is 0 Å². The molecule has 11 heavy (non-hydrogen) atoms. The van der Waals surface area contributed by atoms with E-state index in [1.54, 1.807) is 0 Å². The zero-order chi connectivity index (χ0) is 7.94. The van der Waals surface area contributed by atoms with Crippen LogP contribution in [0.2, 0.25) is 0 Å². The number of aliphatic hydroxyl groups is 1. The lowest BCUT2D eigenvalue weighted by atomic mass is 10.0. The number of rotatable bonds is 0. The maximum Gasteiger partial charge on any atom is 0.0540 e. The molecule has 1 atom stereocenters. The number of aliphatic hydroxyl groups excluding tert-OH is 1. The molecule has 1 nitrogen and oxygen atoms in total. The van der Waals surface area contributed by atoms with Crippen molar-refractivity contribution in [3.63, 3.8) is 0 Å². The Bertz CT molecular complexity index is 118. The van der Waals surface area contributed by atoms with Gasteiger partial charge in [-0.1, -0.05) is 18.6 Å². The van der Waals surface area contributed by atoms with Gasteiger partial charge in [-0.2, -0.15) is 0 Å². The van der Waals surface area contributed by atoms with E-state index in [0.29, 0.717) is 0 Å². The Morgan fingerprint density at radius 1 is 0.909 bits per heavy atom. The quantitative estimate of drug-likeness (QED) is 0.532.